The van der Waals surface area contributed by atoms with Gasteiger partial charge in [0, 0.05) is 5.56 Å². The van der Waals surface area contributed by atoms with Crippen LogP contribution >= 0.6 is 0 Å². The molecule has 3 aromatic rings. The third kappa shape index (κ3) is 2.41. The molecule has 0 aliphatic carbocycles. The molecule has 1 aromatic carbocycles. The number of aromatic nitrogens is 4. The van der Waals surface area contributed by atoms with E-state index in [1.807, 2.05) is 31.2 Å². The third-order valence-corrected chi connectivity index (χ3v) is 2.67. The minimum atomic E-state index is 0.355. The van der Waals surface area contributed by atoms with Crippen molar-refractivity contribution in [2.75, 3.05) is 5.73 Å². The number of nitrogens with two attached hydrogens (primary N) is 1. The Bertz CT molecular complexity index is 744. The van der Waals surface area contributed by atoms with Crippen LogP contribution in [0, 0.1) is 6.92 Å². The van der Waals surface area contributed by atoms with Gasteiger partial charge in [0.05, 0.1) is 18.1 Å². The SMILES string of the molecule is Cc1cn(N=Cc2cccc(-c3ncon3)c2)c(N)n1. The first-order valence-electron chi connectivity index (χ1n) is 5.95. The molecule has 0 bridgehead atoms. The van der Waals surface area contributed by atoms with Crippen LogP contribution in [0.1, 0.15) is 11.3 Å². The summed E-state index contributed by atoms with van der Waals surface area (Å²) in [7, 11) is 0. The fourth-order valence-corrected chi connectivity index (χ4v) is 1.78. The molecule has 7 nitrogen and oxygen atoms in total. The number of anilines is 1. The van der Waals surface area contributed by atoms with Crippen LogP contribution in [0.2, 0.25) is 0 Å². The summed E-state index contributed by atoms with van der Waals surface area (Å²) in [6.07, 6.45) is 4.75. The van der Waals surface area contributed by atoms with Gasteiger partial charge in [-0.1, -0.05) is 23.4 Å². The molecule has 7 heteroatoms. The highest BCUT2D eigenvalue weighted by Crippen LogP contribution is 2.15. The van der Waals surface area contributed by atoms with Crippen LogP contribution in [0.3, 0.4) is 0 Å². The molecule has 0 radical (unpaired) electrons. The molecule has 100 valence electrons. The van der Waals surface area contributed by atoms with E-state index in [2.05, 4.69) is 20.2 Å². The average molecular weight is 268 g/mol. The lowest BCUT2D eigenvalue weighted by Gasteiger charge is -1.98. The predicted molar refractivity (Wildman–Crippen MR) is 74.1 cm³/mol. The van der Waals surface area contributed by atoms with Crippen molar-refractivity contribution < 1.29 is 4.52 Å². The van der Waals surface area contributed by atoms with E-state index in [1.165, 1.54) is 11.1 Å². The fourth-order valence-electron chi connectivity index (χ4n) is 1.78. The number of aryl methyl sites for hydroxylation is 1. The van der Waals surface area contributed by atoms with Gasteiger partial charge in [0.2, 0.25) is 18.2 Å². The Kier molecular flexibility index (Phi) is 3.00. The summed E-state index contributed by atoms with van der Waals surface area (Å²) in [5.74, 6) is 0.895. The first-order valence-corrected chi connectivity index (χ1v) is 5.95. The molecule has 3 rings (SSSR count). The second-order valence-electron chi connectivity index (χ2n) is 4.21. The van der Waals surface area contributed by atoms with Crippen molar-refractivity contribution in [2.24, 2.45) is 5.10 Å². The molecule has 0 atom stereocenters. The number of hydrogen-bond donors (Lipinski definition) is 1. The zero-order chi connectivity index (χ0) is 13.9. The standard InChI is InChI=1S/C13H12N6O/c1-9-7-19(13(14)17-9)16-6-10-3-2-4-11(5-10)12-15-8-20-18-12/h2-8H,1H3,(H2,14,17). The maximum Gasteiger partial charge on any atom is 0.221 e. The Labute approximate surface area is 114 Å². The normalized spacial score (nSPS) is 11.2. The lowest BCUT2D eigenvalue weighted by atomic mass is 10.1. The van der Waals surface area contributed by atoms with Crippen molar-refractivity contribution in [3.8, 4) is 11.4 Å². The summed E-state index contributed by atoms with van der Waals surface area (Å²) in [6.45, 7) is 1.86. The van der Waals surface area contributed by atoms with Gasteiger partial charge in [0.15, 0.2) is 0 Å². The van der Waals surface area contributed by atoms with Crippen LogP contribution in [-0.4, -0.2) is 26.0 Å². The van der Waals surface area contributed by atoms with Gasteiger partial charge in [0.25, 0.3) is 0 Å². The van der Waals surface area contributed by atoms with Gasteiger partial charge in [-0.15, -0.1) is 0 Å². The number of nitrogens with zero attached hydrogens (tertiary/aromatic N) is 5. The molecule has 20 heavy (non-hydrogen) atoms. The summed E-state index contributed by atoms with van der Waals surface area (Å²) in [6, 6.07) is 7.63. The molecule has 0 aliphatic rings. The Morgan fingerprint density at radius 3 is 3.00 bits per heavy atom. The first-order chi connectivity index (χ1) is 9.72. The Balaban J connectivity index is 1.88. The van der Waals surface area contributed by atoms with Gasteiger partial charge < -0.3 is 10.3 Å². The zero-order valence-electron chi connectivity index (χ0n) is 10.8. The van der Waals surface area contributed by atoms with Crippen molar-refractivity contribution in [1.29, 1.82) is 0 Å². The second-order valence-corrected chi connectivity index (χ2v) is 4.21. The van der Waals surface area contributed by atoms with Crippen LogP contribution in [0.5, 0.6) is 0 Å². The van der Waals surface area contributed by atoms with E-state index in [1.54, 1.807) is 12.4 Å². The Morgan fingerprint density at radius 1 is 1.40 bits per heavy atom. The topological polar surface area (TPSA) is 95.1 Å². The number of hydrogen-bond acceptors (Lipinski definition) is 6. The summed E-state index contributed by atoms with van der Waals surface area (Å²) >= 11 is 0. The molecule has 0 saturated carbocycles. The summed E-state index contributed by atoms with van der Waals surface area (Å²) < 4.78 is 6.26. The number of benzene rings is 1. The molecule has 2 N–H and O–H groups in total. The van der Waals surface area contributed by atoms with Gasteiger partial charge in [-0.05, 0) is 18.6 Å². The minimum absolute atomic E-state index is 0.355. The number of rotatable bonds is 3. The summed E-state index contributed by atoms with van der Waals surface area (Å²) in [5, 5.41) is 8.06. The van der Waals surface area contributed by atoms with Crippen LogP contribution in [0.15, 0.2) is 46.5 Å². The van der Waals surface area contributed by atoms with E-state index in [9.17, 15) is 0 Å². The lowest BCUT2D eigenvalue weighted by molar-refractivity contribution is 0.419. The average Bonchev–Trinajstić information content (AvgIpc) is 3.07. The molecule has 0 unspecified atom stereocenters. The van der Waals surface area contributed by atoms with Gasteiger partial charge in [0.1, 0.15) is 0 Å². The van der Waals surface area contributed by atoms with Crippen LogP contribution in [0.4, 0.5) is 5.95 Å². The van der Waals surface area contributed by atoms with Gasteiger partial charge in [-0.3, -0.25) is 0 Å². The highest BCUT2D eigenvalue weighted by atomic mass is 16.5. The lowest BCUT2D eigenvalue weighted by Crippen LogP contribution is -1.97. The van der Waals surface area contributed by atoms with Crippen LogP contribution in [0.25, 0.3) is 11.4 Å². The molecular formula is C13H12N6O. The van der Waals surface area contributed by atoms with Gasteiger partial charge in [-0.25, -0.2) is 9.66 Å². The van der Waals surface area contributed by atoms with E-state index >= 15 is 0 Å². The minimum Gasteiger partial charge on any atom is -0.368 e. The molecule has 0 fully saturated rings. The Hall–Kier alpha value is -2.96. The number of imidazole rings is 1. The fraction of sp³-hybridized carbons (Fsp3) is 0.0769. The molecule has 0 saturated heterocycles. The maximum atomic E-state index is 5.72. The van der Waals surface area contributed by atoms with Crippen LogP contribution < -0.4 is 5.73 Å². The molecule has 2 aromatic heterocycles. The largest absolute Gasteiger partial charge is 0.368 e. The quantitative estimate of drug-likeness (QED) is 0.729. The highest BCUT2D eigenvalue weighted by molar-refractivity contribution is 5.81. The predicted octanol–water partition coefficient (Wildman–Crippen LogP) is 1.71. The first kappa shape index (κ1) is 12.1. The van der Waals surface area contributed by atoms with Crippen LogP contribution in [-0.2, 0) is 0 Å². The molecule has 0 amide bonds. The third-order valence-electron chi connectivity index (χ3n) is 2.67. The molecular weight excluding hydrogens is 256 g/mol. The van der Waals surface area contributed by atoms with Crippen molar-refractivity contribution in [3.63, 3.8) is 0 Å². The van der Waals surface area contributed by atoms with Crippen molar-refractivity contribution in [2.45, 2.75) is 6.92 Å². The van der Waals surface area contributed by atoms with E-state index in [-0.39, 0.29) is 0 Å². The smallest absolute Gasteiger partial charge is 0.221 e. The maximum absolute atomic E-state index is 5.72. The summed E-state index contributed by atoms with van der Waals surface area (Å²) in [4.78, 5) is 8.08. The van der Waals surface area contributed by atoms with E-state index in [0.717, 1.165) is 16.8 Å². The molecule has 0 spiro atoms. The highest BCUT2D eigenvalue weighted by Gasteiger charge is 2.03. The van der Waals surface area contributed by atoms with Crippen molar-refractivity contribution in [3.05, 3.63) is 48.1 Å². The van der Waals surface area contributed by atoms with E-state index < -0.39 is 0 Å². The summed E-state index contributed by atoms with van der Waals surface area (Å²) in [5.41, 5.74) is 8.30. The second kappa shape index (κ2) is 4.96. The number of nitrogen functional groups attached to an aromatic ring is 1. The monoisotopic (exact) mass is 268 g/mol. The molecule has 2 heterocycles. The van der Waals surface area contributed by atoms with Crippen molar-refractivity contribution in [1.82, 2.24) is 19.8 Å². The van der Waals surface area contributed by atoms with E-state index in [0.29, 0.717) is 11.8 Å². The van der Waals surface area contributed by atoms with Gasteiger partial charge >= 0.3 is 0 Å². The van der Waals surface area contributed by atoms with Gasteiger partial charge in [-0.2, -0.15) is 10.1 Å². The molecule has 0 aliphatic heterocycles. The zero-order valence-corrected chi connectivity index (χ0v) is 10.8. The van der Waals surface area contributed by atoms with E-state index in [4.69, 9.17) is 10.3 Å². The Morgan fingerprint density at radius 2 is 2.30 bits per heavy atom. The van der Waals surface area contributed by atoms with Crippen molar-refractivity contribution >= 4 is 12.2 Å².